The highest BCUT2D eigenvalue weighted by molar-refractivity contribution is 6.42. The number of halogens is 2. The first kappa shape index (κ1) is 16.1. The maximum absolute atomic E-state index is 6.20. The molecule has 0 radical (unpaired) electrons. The predicted molar refractivity (Wildman–Crippen MR) is 87.8 cm³/mol. The van der Waals surface area contributed by atoms with E-state index in [2.05, 4.69) is 23.2 Å². The van der Waals surface area contributed by atoms with E-state index in [1.807, 2.05) is 12.1 Å². The normalized spacial score (nSPS) is 18.1. The van der Waals surface area contributed by atoms with Crippen LogP contribution in [0.1, 0.15) is 44.2 Å². The van der Waals surface area contributed by atoms with Crippen molar-refractivity contribution in [3.8, 4) is 0 Å². The molecule has 0 amide bonds. The first-order valence-corrected chi connectivity index (χ1v) is 8.37. The summed E-state index contributed by atoms with van der Waals surface area (Å²) in [4.78, 5) is 2.58. The van der Waals surface area contributed by atoms with Crippen molar-refractivity contribution in [1.29, 1.82) is 0 Å². The molecule has 0 saturated carbocycles. The van der Waals surface area contributed by atoms with Crippen LogP contribution in [0.5, 0.6) is 0 Å². The van der Waals surface area contributed by atoms with E-state index in [0.29, 0.717) is 16.1 Å². The first-order valence-electron chi connectivity index (χ1n) is 7.62. The highest BCUT2D eigenvalue weighted by Gasteiger charge is 2.22. The Hall–Kier alpha value is -0.280. The smallest absolute Gasteiger partial charge is 0.0595 e. The minimum Gasteiger partial charge on any atom is -0.314 e. The quantitative estimate of drug-likeness (QED) is 0.777. The molecule has 1 N–H and O–H groups in total. The van der Waals surface area contributed by atoms with Gasteiger partial charge >= 0.3 is 0 Å². The standard InChI is InChI=1S/C16H24Cl2N2/c1-2-3-4-5-16(20-10-8-19-9-11-20)13-6-7-14(17)15(18)12-13/h6-7,12,16,19H,2-5,8-11H2,1H3/t16-/m1/s1. The zero-order chi connectivity index (χ0) is 14.4. The van der Waals surface area contributed by atoms with Gasteiger partial charge in [-0.25, -0.2) is 0 Å². The van der Waals surface area contributed by atoms with E-state index in [-0.39, 0.29) is 0 Å². The van der Waals surface area contributed by atoms with Gasteiger partial charge in [0.05, 0.1) is 10.0 Å². The van der Waals surface area contributed by atoms with Gasteiger partial charge in [0.25, 0.3) is 0 Å². The lowest BCUT2D eigenvalue weighted by atomic mass is 9.98. The van der Waals surface area contributed by atoms with E-state index in [1.165, 1.54) is 31.2 Å². The van der Waals surface area contributed by atoms with E-state index in [4.69, 9.17) is 23.2 Å². The lowest BCUT2D eigenvalue weighted by Crippen LogP contribution is -2.45. The molecule has 0 unspecified atom stereocenters. The number of nitrogens with zero attached hydrogens (tertiary/aromatic N) is 1. The molecule has 0 bridgehead atoms. The Morgan fingerprint density at radius 2 is 1.90 bits per heavy atom. The molecule has 1 atom stereocenters. The van der Waals surface area contributed by atoms with Crippen molar-refractivity contribution in [3.05, 3.63) is 33.8 Å². The maximum Gasteiger partial charge on any atom is 0.0595 e. The molecule has 4 heteroatoms. The first-order chi connectivity index (χ1) is 9.72. The molecule has 0 aromatic heterocycles. The van der Waals surface area contributed by atoms with Crippen LogP contribution >= 0.6 is 23.2 Å². The molecule has 2 nitrogen and oxygen atoms in total. The minimum absolute atomic E-state index is 0.471. The van der Waals surface area contributed by atoms with E-state index in [9.17, 15) is 0 Å². The number of piperazine rings is 1. The van der Waals surface area contributed by atoms with Crippen LogP contribution in [0.25, 0.3) is 0 Å². The SMILES string of the molecule is CCCCC[C@H](c1ccc(Cl)c(Cl)c1)N1CCNCC1. The Morgan fingerprint density at radius 3 is 2.55 bits per heavy atom. The second-order valence-corrected chi connectivity index (χ2v) is 6.29. The van der Waals surface area contributed by atoms with Crippen LogP contribution in [0.3, 0.4) is 0 Å². The van der Waals surface area contributed by atoms with Crippen LogP contribution in [0, 0.1) is 0 Å². The number of rotatable bonds is 6. The van der Waals surface area contributed by atoms with Gasteiger partial charge in [0.2, 0.25) is 0 Å². The number of hydrogen-bond acceptors (Lipinski definition) is 2. The Labute approximate surface area is 132 Å². The summed E-state index contributed by atoms with van der Waals surface area (Å²) >= 11 is 12.2. The van der Waals surface area contributed by atoms with Gasteiger partial charge in [0.15, 0.2) is 0 Å². The average Bonchev–Trinajstić information content (AvgIpc) is 2.48. The van der Waals surface area contributed by atoms with Crippen molar-refractivity contribution in [2.75, 3.05) is 26.2 Å². The second kappa shape index (κ2) is 8.23. The summed E-state index contributed by atoms with van der Waals surface area (Å²) in [6.07, 6.45) is 5.02. The lowest BCUT2D eigenvalue weighted by molar-refractivity contribution is 0.163. The van der Waals surface area contributed by atoms with Crippen molar-refractivity contribution in [2.24, 2.45) is 0 Å². The third-order valence-electron chi connectivity index (χ3n) is 4.00. The van der Waals surface area contributed by atoms with Gasteiger partial charge in [-0.3, -0.25) is 4.90 Å². The Bertz CT molecular complexity index is 417. The van der Waals surface area contributed by atoms with Crippen LogP contribution in [-0.2, 0) is 0 Å². The third kappa shape index (κ3) is 4.36. The summed E-state index contributed by atoms with van der Waals surface area (Å²) in [6, 6.07) is 6.57. The molecular formula is C16H24Cl2N2. The zero-order valence-corrected chi connectivity index (χ0v) is 13.7. The molecule has 1 aromatic carbocycles. The topological polar surface area (TPSA) is 15.3 Å². The van der Waals surface area contributed by atoms with Gasteiger partial charge in [0.1, 0.15) is 0 Å². The fraction of sp³-hybridized carbons (Fsp3) is 0.625. The molecule has 1 fully saturated rings. The molecular weight excluding hydrogens is 291 g/mol. The Balaban J connectivity index is 2.12. The lowest BCUT2D eigenvalue weighted by Gasteiger charge is -2.35. The molecule has 1 heterocycles. The molecule has 1 aliphatic rings. The number of hydrogen-bond donors (Lipinski definition) is 1. The number of nitrogens with one attached hydrogen (secondary N) is 1. The molecule has 1 aromatic rings. The van der Waals surface area contributed by atoms with Gasteiger partial charge < -0.3 is 5.32 Å². The summed E-state index contributed by atoms with van der Waals surface area (Å²) in [6.45, 7) is 6.62. The summed E-state index contributed by atoms with van der Waals surface area (Å²) in [7, 11) is 0. The van der Waals surface area contributed by atoms with E-state index >= 15 is 0 Å². The van der Waals surface area contributed by atoms with Crippen molar-refractivity contribution >= 4 is 23.2 Å². The highest BCUT2D eigenvalue weighted by atomic mass is 35.5. The van der Waals surface area contributed by atoms with Crippen molar-refractivity contribution < 1.29 is 0 Å². The fourth-order valence-electron chi connectivity index (χ4n) is 2.86. The van der Waals surface area contributed by atoms with Crippen LogP contribution in [0.4, 0.5) is 0 Å². The van der Waals surface area contributed by atoms with Gasteiger partial charge in [-0.1, -0.05) is 55.5 Å². The number of benzene rings is 1. The summed E-state index contributed by atoms with van der Waals surface area (Å²) < 4.78 is 0. The second-order valence-electron chi connectivity index (χ2n) is 5.47. The third-order valence-corrected chi connectivity index (χ3v) is 4.74. The fourth-order valence-corrected chi connectivity index (χ4v) is 3.17. The zero-order valence-electron chi connectivity index (χ0n) is 12.2. The van der Waals surface area contributed by atoms with Gasteiger partial charge in [-0.2, -0.15) is 0 Å². The van der Waals surface area contributed by atoms with Crippen LogP contribution in [0.15, 0.2) is 18.2 Å². The molecule has 0 aliphatic carbocycles. The van der Waals surface area contributed by atoms with Gasteiger partial charge in [-0.15, -0.1) is 0 Å². The highest BCUT2D eigenvalue weighted by Crippen LogP contribution is 2.31. The summed E-state index contributed by atoms with van der Waals surface area (Å²) in [5.74, 6) is 0. The van der Waals surface area contributed by atoms with E-state index in [0.717, 1.165) is 26.2 Å². The molecule has 0 spiro atoms. The Kier molecular flexibility index (Phi) is 6.63. The van der Waals surface area contributed by atoms with Crippen molar-refractivity contribution in [3.63, 3.8) is 0 Å². The molecule has 1 saturated heterocycles. The monoisotopic (exact) mass is 314 g/mol. The average molecular weight is 315 g/mol. The molecule has 20 heavy (non-hydrogen) atoms. The molecule has 2 rings (SSSR count). The molecule has 1 aliphatic heterocycles. The van der Waals surface area contributed by atoms with Crippen LogP contribution < -0.4 is 5.32 Å². The summed E-state index contributed by atoms with van der Waals surface area (Å²) in [5, 5.41) is 4.73. The van der Waals surface area contributed by atoms with Crippen LogP contribution in [0.2, 0.25) is 10.0 Å². The Morgan fingerprint density at radius 1 is 1.15 bits per heavy atom. The van der Waals surface area contributed by atoms with Crippen LogP contribution in [-0.4, -0.2) is 31.1 Å². The van der Waals surface area contributed by atoms with Crippen molar-refractivity contribution in [2.45, 2.75) is 38.6 Å². The maximum atomic E-state index is 6.20. The van der Waals surface area contributed by atoms with E-state index in [1.54, 1.807) is 0 Å². The van der Waals surface area contributed by atoms with Gasteiger partial charge in [0, 0.05) is 32.2 Å². The van der Waals surface area contributed by atoms with Crippen molar-refractivity contribution in [1.82, 2.24) is 10.2 Å². The minimum atomic E-state index is 0.471. The summed E-state index contributed by atoms with van der Waals surface area (Å²) in [5.41, 5.74) is 1.30. The van der Waals surface area contributed by atoms with Gasteiger partial charge in [-0.05, 0) is 24.1 Å². The largest absolute Gasteiger partial charge is 0.314 e. The number of unbranched alkanes of at least 4 members (excludes halogenated alkanes) is 2. The predicted octanol–water partition coefficient (Wildman–Crippen LogP) is 4.52. The molecule has 112 valence electrons. The van der Waals surface area contributed by atoms with E-state index < -0.39 is 0 Å².